The van der Waals surface area contributed by atoms with Crippen molar-refractivity contribution in [1.29, 1.82) is 0 Å². The Morgan fingerprint density at radius 2 is 2.00 bits per heavy atom. The molecule has 1 atom stereocenters. The number of nitrogens with one attached hydrogen (secondary N) is 2. The van der Waals surface area contributed by atoms with Crippen LogP contribution in [-0.2, 0) is 13.0 Å². The summed E-state index contributed by atoms with van der Waals surface area (Å²) in [5.74, 6) is -0.219. The molecule has 3 rings (SSSR count). The Bertz CT molecular complexity index is 682. The zero-order valence-corrected chi connectivity index (χ0v) is 12.5. The number of urea groups is 1. The van der Waals surface area contributed by atoms with E-state index in [0.29, 0.717) is 6.54 Å². The van der Waals surface area contributed by atoms with Crippen molar-refractivity contribution < 1.29 is 9.18 Å². The zero-order chi connectivity index (χ0) is 15.5. The lowest BCUT2D eigenvalue weighted by molar-refractivity contribution is 0.236. The fraction of sp³-hybridized carbons (Fsp3) is 0.278. The van der Waals surface area contributed by atoms with Gasteiger partial charge in [-0.15, -0.1) is 0 Å². The minimum absolute atomic E-state index is 0.0337. The molecular formula is C18H19FN2O. The van der Waals surface area contributed by atoms with Crippen LogP contribution in [0.5, 0.6) is 0 Å². The Morgan fingerprint density at radius 3 is 2.77 bits per heavy atom. The maximum Gasteiger partial charge on any atom is 0.315 e. The molecule has 2 amide bonds. The van der Waals surface area contributed by atoms with Crippen molar-refractivity contribution in [1.82, 2.24) is 10.6 Å². The van der Waals surface area contributed by atoms with Gasteiger partial charge in [0.1, 0.15) is 5.82 Å². The fourth-order valence-electron chi connectivity index (χ4n) is 2.83. The normalized spacial score (nSPS) is 16.2. The van der Waals surface area contributed by atoms with Crippen molar-refractivity contribution in [3.8, 4) is 0 Å². The molecule has 0 fully saturated rings. The first-order chi connectivity index (χ1) is 10.6. The summed E-state index contributed by atoms with van der Waals surface area (Å²) >= 11 is 0. The fourth-order valence-corrected chi connectivity index (χ4v) is 2.83. The predicted octanol–water partition coefficient (Wildman–Crippen LogP) is 3.62. The van der Waals surface area contributed by atoms with E-state index in [4.69, 9.17) is 0 Å². The third kappa shape index (κ3) is 3.27. The van der Waals surface area contributed by atoms with Gasteiger partial charge in [0.15, 0.2) is 0 Å². The van der Waals surface area contributed by atoms with Crippen LogP contribution in [0.2, 0.25) is 0 Å². The van der Waals surface area contributed by atoms with Crippen LogP contribution in [-0.4, -0.2) is 6.03 Å². The third-order valence-electron chi connectivity index (χ3n) is 4.06. The smallest absolute Gasteiger partial charge is 0.315 e. The van der Waals surface area contributed by atoms with Gasteiger partial charge in [0.2, 0.25) is 0 Å². The van der Waals surface area contributed by atoms with E-state index >= 15 is 0 Å². The first-order valence-electron chi connectivity index (χ1n) is 7.50. The third-order valence-corrected chi connectivity index (χ3v) is 4.06. The molecule has 0 bridgehead atoms. The van der Waals surface area contributed by atoms with Crippen LogP contribution in [0.3, 0.4) is 0 Å². The molecule has 1 unspecified atom stereocenters. The molecule has 0 heterocycles. The summed E-state index contributed by atoms with van der Waals surface area (Å²) in [7, 11) is 0. The van der Waals surface area contributed by atoms with Crippen LogP contribution in [0.1, 0.15) is 34.7 Å². The molecule has 1 aliphatic carbocycles. The van der Waals surface area contributed by atoms with Crippen LogP contribution >= 0.6 is 0 Å². The number of benzene rings is 2. The van der Waals surface area contributed by atoms with E-state index in [9.17, 15) is 9.18 Å². The van der Waals surface area contributed by atoms with Gasteiger partial charge in [-0.1, -0.05) is 35.9 Å². The van der Waals surface area contributed by atoms with Crippen LogP contribution in [0.4, 0.5) is 9.18 Å². The molecule has 0 spiro atoms. The van der Waals surface area contributed by atoms with Crippen molar-refractivity contribution in [3.05, 3.63) is 70.5 Å². The number of hydrogen-bond acceptors (Lipinski definition) is 1. The van der Waals surface area contributed by atoms with Crippen LogP contribution in [0.25, 0.3) is 0 Å². The number of aryl methyl sites for hydroxylation is 2. The first kappa shape index (κ1) is 14.6. The topological polar surface area (TPSA) is 41.1 Å². The molecule has 0 saturated carbocycles. The van der Waals surface area contributed by atoms with Crippen molar-refractivity contribution in [2.75, 3.05) is 0 Å². The number of carbonyl (C=O) groups is 1. The molecule has 0 aromatic heterocycles. The highest BCUT2D eigenvalue weighted by atomic mass is 19.1. The van der Waals surface area contributed by atoms with E-state index in [-0.39, 0.29) is 17.9 Å². The predicted molar refractivity (Wildman–Crippen MR) is 84.0 cm³/mol. The minimum Gasteiger partial charge on any atom is -0.334 e. The molecule has 1 aliphatic rings. The van der Waals surface area contributed by atoms with Gasteiger partial charge in [0.25, 0.3) is 0 Å². The molecule has 0 aliphatic heterocycles. The molecule has 114 valence electrons. The van der Waals surface area contributed by atoms with Crippen LogP contribution < -0.4 is 10.6 Å². The van der Waals surface area contributed by atoms with E-state index < -0.39 is 0 Å². The van der Waals surface area contributed by atoms with Gasteiger partial charge in [-0.05, 0) is 48.6 Å². The second kappa shape index (κ2) is 6.18. The Kier molecular flexibility index (Phi) is 4.09. The number of amides is 2. The SMILES string of the molecule is Cc1ccc(CNC(=O)NC2CCc3cc(F)ccc32)cc1. The second-order valence-electron chi connectivity index (χ2n) is 5.75. The lowest BCUT2D eigenvalue weighted by atomic mass is 10.1. The molecule has 2 aromatic carbocycles. The summed E-state index contributed by atoms with van der Waals surface area (Å²) in [4.78, 5) is 12.0. The molecule has 4 heteroatoms. The summed E-state index contributed by atoms with van der Waals surface area (Å²) in [6.07, 6.45) is 1.62. The highest BCUT2D eigenvalue weighted by Gasteiger charge is 2.24. The quantitative estimate of drug-likeness (QED) is 0.893. The average Bonchev–Trinajstić information content (AvgIpc) is 2.89. The van der Waals surface area contributed by atoms with Gasteiger partial charge in [-0.2, -0.15) is 0 Å². The molecule has 0 saturated heterocycles. The Morgan fingerprint density at radius 1 is 1.23 bits per heavy atom. The van der Waals surface area contributed by atoms with Crippen molar-refractivity contribution in [2.24, 2.45) is 0 Å². The lowest BCUT2D eigenvalue weighted by Crippen LogP contribution is -2.36. The number of hydrogen-bond donors (Lipinski definition) is 2. The van der Waals surface area contributed by atoms with Gasteiger partial charge in [-0.25, -0.2) is 9.18 Å². The minimum atomic E-state index is -0.219. The maximum atomic E-state index is 13.2. The average molecular weight is 298 g/mol. The highest BCUT2D eigenvalue weighted by Crippen LogP contribution is 2.31. The van der Waals surface area contributed by atoms with E-state index in [1.54, 1.807) is 12.1 Å². The highest BCUT2D eigenvalue weighted by molar-refractivity contribution is 5.74. The van der Waals surface area contributed by atoms with E-state index in [2.05, 4.69) is 10.6 Å². The number of rotatable bonds is 3. The largest absolute Gasteiger partial charge is 0.334 e. The number of fused-ring (bicyclic) bond motifs is 1. The van der Waals surface area contributed by atoms with Crippen LogP contribution in [0.15, 0.2) is 42.5 Å². The van der Waals surface area contributed by atoms with Gasteiger partial charge in [0, 0.05) is 6.54 Å². The van der Waals surface area contributed by atoms with Gasteiger partial charge < -0.3 is 10.6 Å². The molecule has 3 nitrogen and oxygen atoms in total. The van der Waals surface area contributed by atoms with Crippen molar-refractivity contribution in [2.45, 2.75) is 32.4 Å². The van der Waals surface area contributed by atoms with Crippen molar-refractivity contribution >= 4 is 6.03 Å². The summed E-state index contributed by atoms with van der Waals surface area (Å²) in [5, 5.41) is 5.83. The summed E-state index contributed by atoms with van der Waals surface area (Å²) in [6.45, 7) is 2.53. The number of carbonyl (C=O) groups excluding carboxylic acids is 1. The molecule has 2 aromatic rings. The molecular weight excluding hydrogens is 279 g/mol. The second-order valence-corrected chi connectivity index (χ2v) is 5.75. The first-order valence-corrected chi connectivity index (χ1v) is 7.50. The van der Waals surface area contributed by atoms with E-state index in [1.165, 1.54) is 11.6 Å². The van der Waals surface area contributed by atoms with Gasteiger partial charge >= 0.3 is 6.03 Å². The van der Waals surface area contributed by atoms with Gasteiger partial charge in [-0.3, -0.25) is 0 Å². The number of halogens is 1. The van der Waals surface area contributed by atoms with E-state index in [1.807, 2.05) is 31.2 Å². The monoisotopic (exact) mass is 298 g/mol. The maximum absolute atomic E-state index is 13.2. The van der Waals surface area contributed by atoms with Crippen LogP contribution in [0, 0.1) is 12.7 Å². The Labute approximate surface area is 129 Å². The molecule has 0 radical (unpaired) electrons. The van der Waals surface area contributed by atoms with E-state index in [0.717, 1.165) is 29.5 Å². The standard InChI is InChI=1S/C18H19FN2O/c1-12-2-4-13(5-3-12)11-20-18(22)21-17-9-6-14-10-15(19)7-8-16(14)17/h2-5,7-8,10,17H,6,9,11H2,1H3,(H2,20,21,22). The molecule has 2 N–H and O–H groups in total. The van der Waals surface area contributed by atoms with Crippen molar-refractivity contribution in [3.63, 3.8) is 0 Å². The summed E-state index contributed by atoms with van der Waals surface area (Å²) in [6, 6.07) is 12.6. The van der Waals surface area contributed by atoms with Gasteiger partial charge in [0.05, 0.1) is 6.04 Å². The summed E-state index contributed by atoms with van der Waals surface area (Å²) in [5.41, 5.74) is 4.27. The Hall–Kier alpha value is -2.36. The zero-order valence-electron chi connectivity index (χ0n) is 12.5. The lowest BCUT2D eigenvalue weighted by Gasteiger charge is -2.15. The Balaban J connectivity index is 1.56. The molecule has 22 heavy (non-hydrogen) atoms. The summed E-state index contributed by atoms with van der Waals surface area (Å²) < 4.78 is 13.2.